The van der Waals surface area contributed by atoms with Crippen LogP contribution in [0.2, 0.25) is 0 Å². The second kappa shape index (κ2) is 9.28. The molecular formula is C14H22N2O4. The van der Waals surface area contributed by atoms with Gasteiger partial charge in [0.05, 0.1) is 18.1 Å². The maximum absolute atomic E-state index is 10.7. The van der Waals surface area contributed by atoms with E-state index >= 15 is 0 Å². The molecule has 0 radical (unpaired) electrons. The summed E-state index contributed by atoms with van der Waals surface area (Å²) in [5.41, 5.74) is 1.73. The van der Waals surface area contributed by atoms with Gasteiger partial charge in [0.15, 0.2) is 0 Å². The summed E-state index contributed by atoms with van der Waals surface area (Å²) in [6.45, 7) is 4.55. The van der Waals surface area contributed by atoms with E-state index in [4.69, 9.17) is 9.47 Å². The van der Waals surface area contributed by atoms with Crippen LogP contribution in [-0.4, -0.2) is 38.4 Å². The average Bonchev–Trinajstić information content (AvgIpc) is 2.41. The van der Waals surface area contributed by atoms with Crippen LogP contribution in [0.4, 0.5) is 11.4 Å². The lowest BCUT2D eigenvalue weighted by molar-refractivity contribution is -0.385. The van der Waals surface area contributed by atoms with Crippen molar-refractivity contribution in [2.45, 2.75) is 19.8 Å². The number of nitrogens with one attached hydrogen (secondary N) is 1. The number of unbranched alkanes of at least 4 members (excludes halogenated alkanes) is 1. The molecule has 20 heavy (non-hydrogen) atoms. The summed E-state index contributed by atoms with van der Waals surface area (Å²) in [6, 6.07) is 5.07. The average molecular weight is 282 g/mol. The number of nitro groups is 1. The Morgan fingerprint density at radius 1 is 1.25 bits per heavy atom. The first-order valence-electron chi connectivity index (χ1n) is 6.70. The first-order valence-corrected chi connectivity index (χ1v) is 6.70. The van der Waals surface area contributed by atoms with Gasteiger partial charge in [0, 0.05) is 37.6 Å². The van der Waals surface area contributed by atoms with E-state index in [0.29, 0.717) is 18.8 Å². The molecule has 0 bridgehead atoms. The molecule has 0 amide bonds. The SMILES string of the molecule is COCCOCCCCNc1ccc([N+](=O)[O-])c(C)c1. The smallest absolute Gasteiger partial charge is 0.272 e. The fourth-order valence-corrected chi connectivity index (χ4v) is 1.78. The van der Waals surface area contributed by atoms with Crippen molar-refractivity contribution in [2.24, 2.45) is 0 Å². The fraction of sp³-hybridized carbons (Fsp3) is 0.571. The highest BCUT2D eigenvalue weighted by molar-refractivity contribution is 5.53. The zero-order chi connectivity index (χ0) is 14.8. The fourth-order valence-electron chi connectivity index (χ4n) is 1.78. The summed E-state index contributed by atoms with van der Waals surface area (Å²) in [4.78, 5) is 10.3. The molecule has 0 aliphatic heterocycles. The number of hydrogen-bond acceptors (Lipinski definition) is 5. The lowest BCUT2D eigenvalue weighted by atomic mass is 10.2. The standard InChI is InChI=1S/C14H22N2O4/c1-12-11-13(5-6-14(12)16(17)18)15-7-3-4-8-20-10-9-19-2/h5-6,11,15H,3-4,7-10H2,1-2H3. The molecule has 0 aliphatic rings. The molecule has 0 fully saturated rings. The number of hydrogen-bond donors (Lipinski definition) is 1. The van der Waals surface area contributed by atoms with Crippen molar-refractivity contribution in [2.75, 3.05) is 38.8 Å². The Bertz CT molecular complexity index is 424. The zero-order valence-corrected chi connectivity index (χ0v) is 12.1. The number of benzene rings is 1. The largest absolute Gasteiger partial charge is 0.385 e. The summed E-state index contributed by atoms with van der Waals surface area (Å²) in [5.74, 6) is 0. The van der Waals surface area contributed by atoms with Crippen molar-refractivity contribution in [3.63, 3.8) is 0 Å². The minimum atomic E-state index is -0.365. The van der Waals surface area contributed by atoms with Gasteiger partial charge in [-0.2, -0.15) is 0 Å². The van der Waals surface area contributed by atoms with E-state index in [0.717, 1.165) is 31.7 Å². The highest BCUT2D eigenvalue weighted by atomic mass is 16.6. The summed E-state index contributed by atoms with van der Waals surface area (Å²) < 4.78 is 10.2. The van der Waals surface area contributed by atoms with Crippen LogP contribution in [0.1, 0.15) is 18.4 Å². The van der Waals surface area contributed by atoms with Gasteiger partial charge in [-0.15, -0.1) is 0 Å². The lowest BCUT2D eigenvalue weighted by Gasteiger charge is -2.08. The quantitative estimate of drug-likeness (QED) is 0.406. The molecule has 112 valence electrons. The maximum atomic E-state index is 10.7. The number of aryl methyl sites for hydroxylation is 1. The molecule has 0 atom stereocenters. The summed E-state index contributed by atoms with van der Waals surface area (Å²) in [7, 11) is 1.65. The van der Waals surface area contributed by atoms with Crippen molar-refractivity contribution in [1.82, 2.24) is 0 Å². The summed E-state index contributed by atoms with van der Waals surface area (Å²) >= 11 is 0. The van der Waals surface area contributed by atoms with Crippen LogP contribution in [0.5, 0.6) is 0 Å². The van der Waals surface area contributed by atoms with Crippen LogP contribution in [0, 0.1) is 17.0 Å². The van der Waals surface area contributed by atoms with Crippen LogP contribution < -0.4 is 5.32 Å². The van der Waals surface area contributed by atoms with Crippen LogP contribution in [0.15, 0.2) is 18.2 Å². The van der Waals surface area contributed by atoms with E-state index in [1.165, 1.54) is 6.07 Å². The van der Waals surface area contributed by atoms with E-state index in [9.17, 15) is 10.1 Å². The molecular weight excluding hydrogens is 260 g/mol. The molecule has 1 N–H and O–H groups in total. The third-order valence-electron chi connectivity index (χ3n) is 2.87. The Morgan fingerprint density at radius 3 is 2.70 bits per heavy atom. The molecule has 6 heteroatoms. The third-order valence-corrected chi connectivity index (χ3v) is 2.87. The minimum absolute atomic E-state index is 0.155. The van der Waals surface area contributed by atoms with E-state index in [1.54, 1.807) is 26.2 Å². The number of nitrogens with zero attached hydrogens (tertiary/aromatic N) is 1. The number of anilines is 1. The summed E-state index contributed by atoms with van der Waals surface area (Å²) in [5, 5.41) is 14.0. The Morgan fingerprint density at radius 2 is 2.05 bits per heavy atom. The molecule has 0 aliphatic carbocycles. The Labute approximate surface area is 119 Å². The molecule has 1 rings (SSSR count). The highest BCUT2D eigenvalue weighted by Crippen LogP contribution is 2.21. The van der Waals surface area contributed by atoms with Gasteiger partial charge in [0.1, 0.15) is 0 Å². The molecule has 0 spiro atoms. The first-order chi connectivity index (χ1) is 9.65. The highest BCUT2D eigenvalue weighted by Gasteiger charge is 2.09. The van der Waals surface area contributed by atoms with Gasteiger partial charge in [-0.25, -0.2) is 0 Å². The van der Waals surface area contributed by atoms with E-state index in [1.807, 2.05) is 0 Å². The normalized spacial score (nSPS) is 10.5. The molecule has 1 aromatic carbocycles. The van der Waals surface area contributed by atoms with Gasteiger partial charge < -0.3 is 14.8 Å². The monoisotopic (exact) mass is 282 g/mol. The van der Waals surface area contributed by atoms with Gasteiger partial charge in [-0.1, -0.05) is 0 Å². The number of nitro benzene ring substituents is 1. The molecule has 1 aromatic rings. The second-order valence-corrected chi connectivity index (χ2v) is 4.50. The van der Waals surface area contributed by atoms with Crippen molar-refractivity contribution in [3.05, 3.63) is 33.9 Å². The van der Waals surface area contributed by atoms with Gasteiger partial charge in [-0.3, -0.25) is 10.1 Å². The van der Waals surface area contributed by atoms with Crippen LogP contribution in [0.3, 0.4) is 0 Å². The molecule has 0 unspecified atom stereocenters. The molecule has 0 heterocycles. The van der Waals surface area contributed by atoms with Crippen LogP contribution >= 0.6 is 0 Å². The number of ether oxygens (including phenoxy) is 2. The van der Waals surface area contributed by atoms with Gasteiger partial charge in [0.2, 0.25) is 0 Å². The van der Waals surface area contributed by atoms with Crippen molar-refractivity contribution >= 4 is 11.4 Å². The van der Waals surface area contributed by atoms with E-state index in [-0.39, 0.29) is 10.6 Å². The van der Waals surface area contributed by atoms with Gasteiger partial charge in [0.25, 0.3) is 5.69 Å². The number of methoxy groups -OCH3 is 1. The summed E-state index contributed by atoms with van der Waals surface area (Å²) in [6.07, 6.45) is 1.96. The molecule has 0 saturated carbocycles. The lowest BCUT2D eigenvalue weighted by Crippen LogP contribution is -2.06. The predicted molar refractivity (Wildman–Crippen MR) is 78.3 cm³/mol. The first kappa shape index (κ1) is 16.4. The van der Waals surface area contributed by atoms with Crippen LogP contribution in [0.25, 0.3) is 0 Å². The molecule has 0 aromatic heterocycles. The Hall–Kier alpha value is -1.66. The van der Waals surface area contributed by atoms with Crippen molar-refractivity contribution in [1.29, 1.82) is 0 Å². The van der Waals surface area contributed by atoms with E-state index in [2.05, 4.69) is 5.32 Å². The number of rotatable bonds is 10. The zero-order valence-electron chi connectivity index (χ0n) is 12.1. The molecule has 0 saturated heterocycles. The Kier molecular flexibility index (Phi) is 7.60. The Balaban J connectivity index is 2.19. The molecule has 6 nitrogen and oxygen atoms in total. The third kappa shape index (κ3) is 5.99. The minimum Gasteiger partial charge on any atom is -0.385 e. The predicted octanol–water partition coefficient (Wildman–Crippen LogP) is 2.76. The topological polar surface area (TPSA) is 73.6 Å². The van der Waals surface area contributed by atoms with Crippen molar-refractivity contribution < 1.29 is 14.4 Å². The van der Waals surface area contributed by atoms with E-state index < -0.39 is 0 Å². The van der Waals surface area contributed by atoms with Gasteiger partial charge >= 0.3 is 0 Å². The second-order valence-electron chi connectivity index (χ2n) is 4.50. The van der Waals surface area contributed by atoms with Crippen LogP contribution in [-0.2, 0) is 9.47 Å². The van der Waals surface area contributed by atoms with Gasteiger partial charge in [-0.05, 0) is 31.9 Å². The maximum Gasteiger partial charge on any atom is 0.272 e. The van der Waals surface area contributed by atoms with Crippen molar-refractivity contribution in [3.8, 4) is 0 Å².